The molecule has 5 heteroatoms. The number of carbonyl (C=O) groups is 1. The predicted octanol–water partition coefficient (Wildman–Crippen LogP) is 0.0999. The molecule has 1 N–H and O–H groups in total. The van der Waals surface area contributed by atoms with E-state index >= 15 is 0 Å². The summed E-state index contributed by atoms with van der Waals surface area (Å²) in [6.07, 6.45) is 0. The first-order valence-corrected chi connectivity index (χ1v) is 2.88. The number of rotatable bonds is 3. The second-order valence-corrected chi connectivity index (χ2v) is 1.72. The molecule has 0 aromatic carbocycles. The number of hydrogen-bond donors (Lipinski definition) is 2. The first-order chi connectivity index (χ1) is 3.72. The minimum Gasteiger partial charge on any atom is -0.480 e. The molecule has 0 aliphatic carbocycles. The van der Waals surface area contributed by atoms with E-state index in [-0.39, 0.29) is 5.75 Å². The molecule has 3 nitrogen and oxygen atoms in total. The lowest BCUT2D eigenvalue weighted by Gasteiger charge is -1.96. The van der Waals surface area contributed by atoms with Gasteiger partial charge in [0.15, 0.2) is 6.04 Å². The number of nitrogens with zero attached hydrogens (tertiary/aromatic N) is 1. The van der Waals surface area contributed by atoms with Gasteiger partial charge in [-0.05, 0) is 0 Å². The van der Waals surface area contributed by atoms with Crippen LogP contribution in [0.4, 0.5) is 0 Å². The van der Waals surface area contributed by atoms with E-state index in [9.17, 15) is 4.79 Å². The minimum atomic E-state index is -1.02. The zero-order chi connectivity index (χ0) is 6.57. The summed E-state index contributed by atoms with van der Waals surface area (Å²) in [5.74, 6) is -0.853. The molecule has 0 amide bonds. The second-order valence-electron chi connectivity index (χ2n) is 1.14. The monoisotopic (exact) mass is 151 g/mol. The van der Waals surface area contributed by atoms with Crippen LogP contribution in [0.1, 0.15) is 0 Å². The van der Waals surface area contributed by atoms with Crippen molar-refractivity contribution in [2.24, 2.45) is 4.36 Å². The molecule has 0 rings (SSSR count). The van der Waals surface area contributed by atoms with Crippen molar-refractivity contribution in [1.29, 1.82) is 0 Å². The molecule has 46 valence electrons. The third kappa shape index (κ3) is 2.23. The maximum Gasteiger partial charge on any atom is 0.330 e. The molecule has 0 heterocycles. The molecule has 0 spiro atoms. The lowest BCUT2D eigenvalue weighted by Crippen LogP contribution is -2.18. The molecule has 0 bridgehead atoms. The van der Waals surface area contributed by atoms with E-state index < -0.39 is 12.0 Å². The number of carboxylic acid groups (broad SMARTS) is 1. The van der Waals surface area contributed by atoms with Crippen LogP contribution in [0.25, 0.3) is 0 Å². The van der Waals surface area contributed by atoms with Crippen molar-refractivity contribution in [2.75, 3.05) is 5.75 Å². The molecule has 1 atom stereocenters. The van der Waals surface area contributed by atoms with Crippen molar-refractivity contribution in [2.45, 2.75) is 6.04 Å². The molecule has 0 radical (unpaired) electrons. The Morgan fingerprint density at radius 1 is 2.00 bits per heavy atom. The lowest BCUT2D eigenvalue weighted by atomic mass is 10.4. The molecule has 0 aromatic heterocycles. The fourth-order valence-corrected chi connectivity index (χ4v) is 0.670. The lowest BCUT2D eigenvalue weighted by molar-refractivity contribution is -0.137. The SMILES string of the molecule is O=C(O)C(CS)N=S. The topological polar surface area (TPSA) is 49.7 Å². The van der Waals surface area contributed by atoms with Gasteiger partial charge in [0.1, 0.15) is 0 Å². The van der Waals surface area contributed by atoms with Gasteiger partial charge in [0.05, 0.1) is 0 Å². The van der Waals surface area contributed by atoms with Gasteiger partial charge in [-0.15, -0.1) is 0 Å². The maximum atomic E-state index is 9.95. The summed E-state index contributed by atoms with van der Waals surface area (Å²) in [6.45, 7) is 0. The molecule has 1 unspecified atom stereocenters. The van der Waals surface area contributed by atoms with Crippen molar-refractivity contribution in [1.82, 2.24) is 0 Å². The van der Waals surface area contributed by atoms with Crippen LogP contribution in [0.2, 0.25) is 0 Å². The summed E-state index contributed by atoms with van der Waals surface area (Å²) in [4.78, 5) is 9.95. The largest absolute Gasteiger partial charge is 0.480 e. The highest BCUT2D eigenvalue weighted by Crippen LogP contribution is 1.91. The van der Waals surface area contributed by atoms with Gasteiger partial charge in [0.25, 0.3) is 0 Å². The smallest absolute Gasteiger partial charge is 0.330 e. The Labute approximate surface area is 57.7 Å². The Hall–Kier alpha value is -0.160. The van der Waals surface area contributed by atoms with Gasteiger partial charge in [-0.25, -0.2) is 9.16 Å². The average molecular weight is 151 g/mol. The van der Waals surface area contributed by atoms with Crippen LogP contribution >= 0.6 is 12.6 Å². The fraction of sp³-hybridized carbons (Fsp3) is 0.667. The van der Waals surface area contributed by atoms with E-state index in [2.05, 4.69) is 29.4 Å². The van der Waals surface area contributed by atoms with Gasteiger partial charge in [-0.1, -0.05) is 0 Å². The van der Waals surface area contributed by atoms with Crippen LogP contribution < -0.4 is 0 Å². The maximum absolute atomic E-state index is 9.95. The molecule has 0 saturated heterocycles. The van der Waals surface area contributed by atoms with Crippen LogP contribution in [0.3, 0.4) is 0 Å². The normalized spacial score (nSPS) is 12.6. The van der Waals surface area contributed by atoms with Gasteiger partial charge in [0, 0.05) is 18.2 Å². The van der Waals surface area contributed by atoms with Crippen molar-refractivity contribution in [3.05, 3.63) is 0 Å². The molecule has 8 heavy (non-hydrogen) atoms. The van der Waals surface area contributed by atoms with Crippen LogP contribution in [-0.2, 0) is 17.2 Å². The van der Waals surface area contributed by atoms with Crippen molar-refractivity contribution >= 4 is 31.0 Å². The van der Waals surface area contributed by atoms with E-state index in [0.717, 1.165) is 0 Å². The Kier molecular flexibility index (Phi) is 3.72. The molecule has 0 aliphatic rings. The van der Waals surface area contributed by atoms with Crippen LogP contribution in [0.15, 0.2) is 4.36 Å². The second kappa shape index (κ2) is 3.80. The van der Waals surface area contributed by atoms with Gasteiger partial charge in [-0.2, -0.15) is 12.6 Å². The third-order valence-corrected chi connectivity index (χ3v) is 1.19. The summed E-state index contributed by atoms with van der Waals surface area (Å²) < 4.78 is 3.11. The van der Waals surface area contributed by atoms with Crippen LogP contribution in [-0.4, -0.2) is 22.9 Å². The van der Waals surface area contributed by atoms with Crippen molar-refractivity contribution in [3.63, 3.8) is 0 Å². The zero-order valence-electron chi connectivity index (χ0n) is 3.94. The summed E-state index contributed by atoms with van der Waals surface area (Å²) in [5.41, 5.74) is 0. The first-order valence-electron chi connectivity index (χ1n) is 1.88. The number of aliphatic carboxylic acids is 1. The van der Waals surface area contributed by atoms with Crippen molar-refractivity contribution < 1.29 is 9.90 Å². The van der Waals surface area contributed by atoms with E-state index in [1.54, 1.807) is 0 Å². The molecular formula is C3H5NO2S2. The quantitative estimate of drug-likeness (QED) is 0.562. The summed E-state index contributed by atoms with van der Waals surface area (Å²) >= 11 is 7.84. The highest BCUT2D eigenvalue weighted by atomic mass is 32.1. The van der Waals surface area contributed by atoms with Crippen molar-refractivity contribution in [3.8, 4) is 0 Å². The Morgan fingerprint density at radius 3 is 2.50 bits per heavy atom. The molecule has 0 aromatic rings. The Morgan fingerprint density at radius 2 is 2.50 bits per heavy atom. The van der Waals surface area contributed by atoms with E-state index in [0.29, 0.717) is 0 Å². The summed E-state index contributed by atoms with van der Waals surface area (Å²) in [5, 5.41) is 8.16. The Balaban J connectivity index is 3.69. The molecule has 0 aliphatic heterocycles. The van der Waals surface area contributed by atoms with Crippen LogP contribution in [0.5, 0.6) is 0 Å². The van der Waals surface area contributed by atoms with Gasteiger partial charge in [0.2, 0.25) is 0 Å². The number of carboxylic acids is 1. The van der Waals surface area contributed by atoms with E-state index in [1.807, 2.05) is 0 Å². The molecule has 0 saturated carbocycles. The van der Waals surface area contributed by atoms with Gasteiger partial charge >= 0.3 is 5.97 Å². The van der Waals surface area contributed by atoms with Gasteiger partial charge < -0.3 is 5.11 Å². The molecule has 0 fully saturated rings. The Bertz CT molecular complexity index is 105. The first kappa shape index (κ1) is 7.84. The zero-order valence-corrected chi connectivity index (χ0v) is 5.65. The fourth-order valence-electron chi connectivity index (χ4n) is 0.157. The van der Waals surface area contributed by atoms with E-state index in [4.69, 9.17) is 5.11 Å². The van der Waals surface area contributed by atoms with E-state index in [1.165, 1.54) is 0 Å². The highest BCUT2D eigenvalue weighted by molar-refractivity contribution is 7.80. The third-order valence-electron chi connectivity index (χ3n) is 0.585. The van der Waals surface area contributed by atoms with Crippen LogP contribution in [0, 0.1) is 0 Å². The standard InChI is InChI=1S/C3H5NO2S2/c5-3(6)2(1-7)4-8/h2,7H,1H2,(H,5,6). The average Bonchev–Trinajstić information content (AvgIpc) is 1.69. The summed E-state index contributed by atoms with van der Waals surface area (Å²) in [7, 11) is 0. The molecular weight excluding hydrogens is 146 g/mol. The van der Waals surface area contributed by atoms with Gasteiger partial charge in [-0.3, -0.25) is 0 Å². The summed E-state index contributed by atoms with van der Waals surface area (Å²) in [6, 6.07) is -0.826. The predicted molar refractivity (Wildman–Crippen MR) is 35.1 cm³/mol. The minimum absolute atomic E-state index is 0.166. The number of hydrogen-bond acceptors (Lipinski definition) is 4. The highest BCUT2D eigenvalue weighted by Gasteiger charge is 2.11. The number of thiol groups is 1.